The maximum Gasteiger partial charge on any atom is 0.131 e. The number of ketones is 1. The minimum absolute atomic E-state index is 0.230. The smallest absolute Gasteiger partial charge is 0.131 e. The van der Waals surface area contributed by atoms with Crippen molar-refractivity contribution in [2.24, 2.45) is 0 Å². The Morgan fingerprint density at radius 3 is 2.85 bits per heavy atom. The standard InChI is InChI=1S/C10H18N2O/c1-7(13)5-10-6-12(4)9(3)8(2)11-10/h9-11H,2,5-6H2,1,3-4H3. The maximum atomic E-state index is 10.9. The molecule has 0 aromatic carbocycles. The van der Waals surface area contributed by atoms with E-state index in [9.17, 15) is 4.79 Å². The van der Waals surface area contributed by atoms with Gasteiger partial charge in [-0.15, -0.1) is 0 Å². The van der Waals surface area contributed by atoms with E-state index < -0.39 is 0 Å². The third-order valence-corrected chi connectivity index (χ3v) is 2.60. The van der Waals surface area contributed by atoms with Gasteiger partial charge in [0.2, 0.25) is 0 Å². The molecule has 1 rings (SSSR count). The summed E-state index contributed by atoms with van der Waals surface area (Å²) in [6, 6.07) is 0.606. The quantitative estimate of drug-likeness (QED) is 0.684. The fourth-order valence-corrected chi connectivity index (χ4v) is 1.66. The molecule has 1 aliphatic heterocycles. The lowest BCUT2D eigenvalue weighted by Crippen LogP contribution is -2.52. The van der Waals surface area contributed by atoms with Gasteiger partial charge in [0.15, 0.2) is 0 Å². The van der Waals surface area contributed by atoms with Crippen LogP contribution in [0.5, 0.6) is 0 Å². The average Bonchev–Trinajstić information content (AvgIpc) is 1.98. The van der Waals surface area contributed by atoms with Crippen LogP contribution in [0.4, 0.5) is 0 Å². The van der Waals surface area contributed by atoms with Gasteiger partial charge in [-0.2, -0.15) is 0 Å². The molecular weight excluding hydrogens is 164 g/mol. The van der Waals surface area contributed by atoms with Crippen molar-refractivity contribution in [3.63, 3.8) is 0 Å². The first-order valence-electron chi connectivity index (χ1n) is 4.65. The van der Waals surface area contributed by atoms with E-state index in [0.29, 0.717) is 12.5 Å². The van der Waals surface area contributed by atoms with E-state index in [0.717, 1.165) is 12.2 Å². The molecule has 0 aliphatic carbocycles. The number of rotatable bonds is 2. The van der Waals surface area contributed by atoms with Crippen LogP contribution >= 0.6 is 0 Å². The van der Waals surface area contributed by atoms with E-state index >= 15 is 0 Å². The Labute approximate surface area is 79.8 Å². The van der Waals surface area contributed by atoms with Crippen molar-refractivity contribution in [1.29, 1.82) is 0 Å². The molecule has 0 aromatic heterocycles. The molecule has 2 atom stereocenters. The van der Waals surface area contributed by atoms with Crippen molar-refractivity contribution in [2.75, 3.05) is 13.6 Å². The molecule has 13 heavy (non-hydrogen) atoms. The summed E-state index contributed by atoms with van der Waals surface area (Å²) in [4.78, 5) is 13.1. The van der Waals surface area contributed by atoms with Gasteiger partial charge in [0.25, 0.3) is 0 Å². The summed E-state index contributed by atoms with van der Waals surface area (Å²) in [5.41, 5.74) is 1.01. The highest BCUT2D eigenvalue weighted by Gasteiger charge is 2.25. The summed E-state index contributed by atoms with van der Waals surface area (Å²) >= 11 is 0. The van der Waals surface area contributed by atoms with Crippen LogP contribution in [0.3, 0.4) is 0 Å². The van der Waals surface area contributed by atoms with Gasteiger partial charge in [-0.25, -0.2) is 0 Å². The number of carbonyl (C=O) groups is 1. The summed E-state index contributed by atoms with van der Waals surface area (Å²) in [5, 5.41) is 3.27. The van der Waals surface area contributed by atoms with E-state index in [2.05, 4.69) is 30.8 Å². The van der Waals surface area contributed by atoms with Gasteiger partial charge in [-0.3, -0.25) is 9.69 Å². The molecule has 1 fully saturated rings. The lowest BCUT2D eigenvalue weighted by atomic mass is 10.0. The second-order valence-corrected chi connectivity index (χ2v) is 3.89. The van der Waals surface area contributed by atoms with Crippen LogP contribution in [-0.4, -0.2) is 36.4 Å². The van der Waals surface area contributed by atoms with Gasteiger partial charge in [0.05, 0.1) is 0 Å². The Bertz CT molecular complexity index is 225. The van der Waals surface area contributed by atoms with Crippen molar-refractivity contribution >= 4 is 5.78 Å². The van der Waals surface area contributed by atoms with E-state index in [-0.39, 0.29) is 11.8 Å². The minimum atomic E-state index is 0.230. The van der Waals surface area contributed by atoms with Gasteiger partial charge in [0, 0.05) is 30.7 Å². The fourth-order valence-electron chi connectivity index (χ4n) is 1.66. The van der Waals surface area contributed by atoms with Gasteiger partial charge >= 0.3 is 0 Å². The maximum absolute atomic E-state index is 10.9. The van der Waals surface area contributed by atoms with Crippen molar-refractivity contribution in [2.45, 2.75) is 32.4 Å². The molecule has 0 radical (unpaired) electrons. The number of nitrogens with one attached hydrogen (secondary N) is 1. The highest BCUT2D eigenvalue weighted by atomic mass is 16.1. The summed E-state index contributed by atoms with van der Waals surface area (Å²) < 4.78 is 0. The predicted octanol–water partition coefficient (Wildman–Crippen LogP) is 0.771. The fraction of sp³-hybridized carbons (Fsp3) is 0.700. The Balaban J connectivity index is 2.53. The van der Waals surface area contributed by atoms with E-state index in [1.807, 2.05) is 0 Å². The number of piperazine rings is 1. The predicted molar refractivity (Wildman–Crippen MR) is 53.5 cm³/mol. The zero-order valence-electron chi connectivity index (χ0n) is 8.63. The van der Waals surface area contributed by atoms with Crippen LogP contribution < -0.4 is 5.32 Å². The number of likely N-dealkylation sites (N-methyl/N-ethyl adjacent to an activating group) is 1. The third-order valence-electron chi connectivity index (χ3n) is 2.60. The number of nitrogens with zero attached hydrogens (tertiary/aromatic N) is 1. The molecule has 2 unspecified atom stereocenters. The Kier molecular flexibility index (Phi) is 3.09. The van der Waals surface area contributed by atoms with Crippen LogP contribution in [0.15, 0.2) is 12.3 Å². The highest BCUT2D eigenvalue weighted by Crippen LogP contribution is 2.13. The molecule has 0 saturated carbocycles. The molecule has 1 aliphatic rings. The average molecular weight is 182 g/mol. The van der Waals surface area contributed by atoms with Crippen LogP contribution in [0.2, 0.25) is 0 Å². The van der Waals surface area contributed by atoms with E-state index in [1.165, 1.54) is 0 Å². The SMILES string of the molecule is C=C1NC(CC(C)=O)CN(C)C1C. The zero-order valence-corrected chi connectivity index (χ0v) is 8.63. The Hall–Kier alpha value is -0.830. The highest BCUT2D eigenvalue weighted by molar-refractivity contribution is 5.76. The summed E-state index contributed by atoms with van der Waals surface area (Å²) in [6.45, 7) is 8.59. The van der Waals surface area contributed by atoms with Crippen molar-refractivity contribution in [1.82, 2.24) is 10.2 Å². The monoisotopic (exact) mass is 182 g/mol. The first kappa shape index (κ1) is 10.3. The van der Waals surface area contributed by atoms with Gasteiger partial charge < -0.3 is 5.32 Å². The molecule has 0 amide bonds. The largest absolute Gasteiger partial charge is 0.383 e. The molecule has 3 heteroatoms. The van der Waals surface area contributed by atoms with E-state index in [4.69, 9.17) is 0 Å². The van der Waals surface area contributed by atoms with E-state index in [1.54, 1.807) is 6.92 Å². The molecule has 1 N–H and O–H groups in total. The van der Waals surface area contributed by atoms with Gasteiger partial charge in [-0.1, -0.05) is 6.58 Å². The van der Waals surface area contributed by atoms with Crippen LogP contribution in [0.25, 0.3) is 0 Å². The topological polar surface area (TPSA) is 32.3 Å². The molecule has 3 nitrogen and oxygen atoms in total. The first-order valence-corrected chi connectivity index (χ1v) is 4.65. The first-order chi connectivity index (χ1) is 6.00. The Morgan fingerprint density at radius 2 is 2.38 bits per heavy atom. The second kappa shape index (κ2) is 3.92. The molecule has 0 aromatic rings. The number of Topliss-reactive ketones (excluding diaryl/α,β-unsaturated/α-hetero) is 1. The molecule has 0 spiro atoms. The van der Waals surface area contributed by atoms with Gasteiger partial charge in [0.1, 0.15) is 5.78 Å². The van der Waals surface area contributed by atoms with Crippen LogP contribution in [-0.2, 0) is 4.79 Å². The summed E-state index contributed by atoms with van der Waals surface area (Å²) in [6.07, 6.45) is 0.593. The number of hydrogen-bond donors (Lipinski definition) is 1. The Morgan fingerprint density at radius 1 is 1.77 bits per heavy atom. The molecule has 0 bridgehead atoms. The summed E-state index contributed by atoms with van der Waals surface area (Å²) in [7, 11) is 2.06. The zero-order chi connectivity index (χ0) is 10.0. The molecule has 1 saturated heterocycles. The van der Waals surface area contributed by atoms with Crippen molar-refractivity contribution in [3.05, 3.63) is 12.3 Å². The lowest BCUT2D eigenvalue weighted by Gasteiger charge is -2.38. The van der Waals surface area contributed by atoms with Crippen LogP contribution in [0, 0.1) is 0 Å². The lowest BCUT2D eigenvalue weighted by molar-refractivity contribution is -0.117. The molecular formula is C10H18N2O. The van der Waals surface area contributed by atoms with Crippen molar-refractivity contribution in [3.8, 4) is 0 Å². The number of carbonyl (C=O) groups excluding carboxylic acids is 1. The van der Waals surface area contributed by atoms with Crippen molar-refractivity contribution < 1.29 is 4.79 Å². The van der Waals surface area contributed by atoms with Gasteiger partial charge in [-0.05, 0) is 20.9 Å². The molecule has 1 heterocycles. The molecule has 74 valence electrons. The van der Waals surface area contributed by atoms with Crippen LogP contribution in [0.1, 0.15) is 20.3 Å². The minimum Gasteiger partial charge on any atom is -0.383 e. The number of hydrogen-bond acceptors (Lipinski definition) is 3. The summed E-state index contributed by atoms with van der Waals surface area (Å²) in [5.74, 6) is 0.230. The second-order valence-electron chi connectivity index (χ2n) is 3.89. The third kappa shape index (κ3) is 2.56. The normalized spacial score (nSPS) is 29.9.